The molecule has 0 atom stereocenters. The van der Waals surface area contributed by atoms with Gasteiger partial charge in [0.1, 0.15) is 0 Å². The third-order valence-electron chi connectivity index (χ3n) is 2.62. The second-order valence-corrected chi connectivity index (χ2v) is 4.91. The summed E-state index contributed by atoms with van der Waals surface area (Å²) >= 11 is 5.97. The lowest BCUT2D eigenvalue weighted by Crippen LogP contribution is -2.23. The second-order valence-electron chi connectivity index (χ2n) is 4.48. The van der Waals surface area contributed by atoms with E-state index < -0.39 is 0 Å². The van der Waals surface area contributed by atoms with Crippen LogP contribution in [0.1, 0.15) is 22.1 Å². The largest absolute Gasteiger partial charge is 0.375 e. The minimum Gasteiger partial charge on any atom is -0.375 e. The molecule has 1 N–H and O–H groups in total. The maximum Gasteiger partial charge on any atom is 0.255 e. The standard InChI is InChI=1S/C13H15ClN4O2/c1-8-16-12(20-17-8)7-15-11-6-9(14)4-5-10(11)13(19)18(2)3/h4-6,15H,7H2,1-3H3. The molecule has 20 heavy (non-hydrogen) atoms. The van der Waals surface area contributed by atoms with Crippen LogP contribution in [-0.4, -0.2) is 35.0 Å². The van der Waals surface area contributed by atoms with Gasteiger partial charge in [-0.15, -0.1) is 0 Å². The number of aromatic nitrogens is 2. The highest BCUT2D eigenvalue weighted by molar-refractivity contribution is 6.31. The average Bonchev–Trinajstić information content (AvgIpc) is 2.81. The topological polar surface area (TPSA) is 71.3 Å². The number of aryl methyl sites for hydroxylation is 1. The Bertz CT molecular complexity index is 625. The number of amides is 1. The number of benzene rings is 1. The van der Waals surface area contributed by atoms with Crippen molar-refractivity contribution < 1.29 is 9.32 Å². The fraction of sp³-hybridized carbons (Fsp3) is 0.308. The smallest absolute Gasteiger partial charge is 0.255 e. The Morgan fingerprint density at radius 2 is 2.20 bits per heavy atom. The Labute approximate surface area is 121 Å². The van der Waals surface area contributed by atoms with Crippen LogP contribution in [0.15, 0.2) is 22.7 Å². The molecule has 0 aliphatic carbocycles. The molecule has 0 radical (unpaired) electrons. The van der Waals surface area contributed by atoms with E-state index in [4.69, 9.17) is 16.1 Å². The van der Waals surface area contributed by atoms with E-state index in [1.807, 2.05) is 0 Å². The van der Waals surface area contributed by atoms with E-state index >= 15 is 0 Å². The molecule has 0 unspecified atom stereocenters. The number of carbonyl (C=O) groups excluding carboxylic acids is 1. The second kappa shape index (κ2) is 5.92. The summed E-state index contributed by atoms with van der Waals surface area (Å²) in [5.74, 6) is 0.911. The molecule has 6 nitrogen and oxygen atoms in total. The first-order valence-corrected chi connectivity index (χ1v) is 6.39. The molecule has 2 aromatic rings. The molecule has 0 saturated heterocycles. The normalized spacial score (nSPS) is 10.4. The predicted molar refractivity (Wildman–Crippen MR) is 75.8 cm³/mol. The van der Waals surface area contributed by atoms with E-state index in [0.717, 1.165) is 0 Å². The molecule has 106 valence electrons. The Morgan fingerprint density at radius 1 is 1.45 bits per heavy atom. The summed E-state index contributed by atoms with van der Waals surface area (Å²) in [7, 11) is 3.39. The van der Waals surface area contributed by atoms with Crippen LogP contribution in [-0.2, 0) is 6.54 Å². The van der Waals surface area contributed by atoms with Crippen LogP contribution in [0, 0.1) is 6.92 Å². The lowest BCUT2D eigenvalue weighted by Gasteiger charge is -2.15. The van der Waals surface area contributed by atoms with Gasteiger partial charge in [0, 0.05) is 24.8 Å². The first-order valence-electron chi connectivity index (χ1n) is 6.01. The van der Waals surface area contributed by atoms with Crippen LogP contribution in [0.5, 0.6) is 0 Å². The van der Waals surface area contributed by atoms with Crippen molar-refractivity contribution in [1.82, 2.24) is 15.0 Å². The minimum atomic E-state index is -0.106. The monoisotopic (exact) mass is 294 g/mol. The molecule has 2 rings (SSSR count). The summed E-state index contributed by atoms with van der Waals surface area (Å²) < 4.78 is 5.01. The van der Waals surface area contributed by atoms with Gasteiger partial charge in [-0.2, -0.15) is 4.98 Å². The predicted octanol–water partition coefficient (Wildman–Crippen LogP) is 2.35. The van der Waals surface area contributed by atoms with Gasteiger partial charge in [-0.3, -0.25) is 4.79 Å². The van der Waals surface area contributed by atoms with Crippen molar-refractivity contribution in [2.75, 3.05) is 19.4 Å². The third kappa shape index (κ3) is 3.27. The highest BCUT2D eigenvalue weighted by Gasteiger charge is 2.14. The molecule has 0 spiro atoms. The molecule has 1 amide bonds. The number of hydrogen-bond acceptors (Lipinski definition) is 5. The van der Waals surface area contributed by atoms with Gasteiger partial charge < -0.3 is 14.7 Å². The lowest BCUT2D eigenvalue weighted by atomic mass is 10.1. The summed E-state index contributed by atoms with van der Waals surface area (Å²) in [5, 5.41) is 7.34. The number of rotatable bonds is 4. The van der Waals surface area contributed by atoms with Crippen LogP contribution < -0.4 is 5.32 Å². The van der Waals surface area contributed by atoms with Crippen molar-refractivity contribution in [3.8, 4) is 0 Å². The quantitative estimate of drug-likeness (QED) is 0.937. The van der Waals surface area contributed by atoms with Crippen LogP contribution in [0.3, 0.4) is 0 Å². The zero-order valence-electron chi connectivity index (χ0n) is 11.5. The first kappa shape index (κ1) is 14.3. The Balaban J connectivity index is 2.21. The molecule has 0 bridgehead atoms. The summed E-state index contributed by atoms with van der Waals surface area (Å²) in [6.45, 7) is 2.07. The van der Waals surface area contributed by atoms with Crippen molar-refractivity contribution in [2.45, 2.75) is 13.5 Å². The molecular formula is C13H15ClN4O2. The zero-order chi connectivity index (χ0) is 14.7. The minimum absolute atomic E-state index is 0.106. The number of anilines is 1. The van der Waals surface area contributed by atoms with Crippen LogP contribution in [0.25, 0.3) is 0 Å². The number of carbonyl (C=O) groups is 1. The summed E-state index contributed by atoms with van der Waals surface area (Å²) in [6, 6.07) is 5.06. The fourth-order valence-electron chi connectivity index (χ4n) is 1.67. The molecular weight excluding hydrogens is 280 g/mol. The maximum absolute atomic E-state index is 12.1. The molecule has 1 aromatic carbocycles. The van der Waals surface area contributed by atoms with Gasteiger partial charge in [-0.05, 0) is 25.1 Å². The van der Waals surface area contributed by atoms with Gasteiger partial charge in [0.15, 0.2) is 5.82 Å². The van der Waals surface area contributed by atoms with Crippen LogP contribution in [0.2, 0.25) is 5.02 Å². The highest BCUT2D eigenvalue weighted by atomic mass is 35.5. The third-order valence-corrected chi connectivity index (χ3v) is 2.85. The Hall–Kier alpha value is -2.08. The number of hydrogen-bond donors (Lipinski definition) is 1. The molecule has 0 aliphatic heterocycles. The van der Waals surface area contributed by atoms with E-state index in [-0.39, 0.29) is 5.91 Å². The van der Waals surface area contributed by atoms with Crippen LogP contribution >= 0.6 is 11.6 Å². The molecule has 0 aliphatic rings. The number of nitrogens with zero attached hydrogens (tertiary/aromatic N) is 3. The summed E-state index contributed by atoms with van der Waals surface area (Å²) in [5.41, 5.74) is 1.17. The molecule has 0 fully saturated rings. The summed E-state index contributed by atoms with van der Waals surface area (Å²) in [4.78, 5) is 17.7. The highest BCUT2D eigenvalue weighted by Crippen LogP contribution is 2.22. The van der Waals surface area contributed by atoms with E-state index in [0.29, 0.717) is 34.5 Å². The van der Waals surface area contributed by atoms with E-state index in [1.165, 1.54) is 4.90 Å². The van der Waals surface area contributed by atoms with Crippen LogP contribution in [0.4, 0.5) is 5.69 Å². The summed E-state index contributed by atoms with van der Waals surface area (Å²) in [6.07, 6.45) is 0. The first-order chi connectivity index (χ1) is 9.47. The van der Waals surface area contributed by atoms with Gasteiger partial charge in [0.2, 0.25) is 5.89 Å². The molecule has 1 aromatic heterocycles. The maximum atomic E-state index is 12.1. The van der Waals surface area contributed by atoms with E-state index in [9.17, 15) is 4.79 Å². The van der Waals surface area contributed by atoms with Crippen molar-refractivity contribution in [1.29, 1.82) is 0 Å². The fourth-order valence-corrected chi connectivity index (χ4v) is 1.84. The van der Waals surface area contributed by atoms with Crippen molar-refractivity contribution in [3.63, 3.8) is 0 Å². The molecule has 0 saturated carbocycles. The Kier molecular flexibility index (Phi) is 4.24. The zero-order valence-corrected chi connectivity index (χ0v) is 12.2. The van der Waals surface area contributed by atoms with Gasteiger partial charge in [-0.1, -0.05) is 16.8 Å². The van der Waals surface area contributed by atoms with Crippen molar-refractivity contribution in [3.05, 3.63) is 40.5 Å². The van der Waals surface area contributed by atoms with Gasteiger partial charge in [-0.25, -0.2) is 0 Å². The molecule has 1 heterocycles. The van der Waals surface area contributed by atoms with Crippen molar-refractivity contribution in [2.24, 2.45) is 0 Å². The number of halogens is 1. The van der Waals surface area contributed by atoms with Gasteiger partial charge >= 0.3 is 0 Å². The SMILES string of the molecule is Cc1noc(CNc2cc(Cl)ccc2C(=O)N(C)C)n1. The Morgan fingerprint density at radius 3 is 2.80 bits per heavy atom. The van der Waals surface area contributed by atoms with Gasteiger partial charge in [0.05, 0.1) is 12.1 Å². The lowest BCUT2D eigenvalue weighted by molar-refractivity contribution is 0.0828. The number of nitrogens with one attached hydrogen (secondary N) is 1. The van der Waals surface area contributed by atoms with Crippen molar-refractivity contribution >= 4 is 23.2 Å². The molecule has 7 heteroatoms. The van der Waals surface area contributed by atoms with E-state index in [2.05, 4.69) is 15.5 Å². The van der Waals surface area contributed by atoms with Gasteiger partial charge in [0.25, 0.3) is 5.91 Å². The average molecular weight is 295 g/mol. The van der Waals surface area contributed by atoms with E-state index in [1.54, 1.807) is 39.2 Å².